The van der Waals surface area contributed by atoms with E-state index in [2.05, 4.69) is 5.32 Å². The summed E-state index contributed by atoms with van der Waals surface area (Å²) in [6.07, 6.45) is -1.08. The summed E-state index contributed by atoms with van der Waals surface area (Å²) in [5, 5.41) is 48.9. The topological polar surface area (TPSA) is 143 Å². The summed E-state index contributed by atoms with van der Waals surface area (Å²) in [5.74, 6) is 0. The number of nitro benzene ring substituents is 1. The van der Waals surface area contributed by atoms with Gasteiger partial charge < -0.3 is 15.5 Å². The van der Waals surface area contributed by atoms with Crippen molar-refractivity contribution >= 4 is 11.4 Å². The Kier molecular flexibility index (Phi) is 4.77. The standard InChI is InChI=1S/C11H10N4O4/c12-3-7-1-10(14-5-9(17)6-16)11(15(18)19)2-8(7)4-13/h1-2,9,14,16-17H,5-6H2. The fourth-order valence-electron chi connectivity index (χ4n) is 1.36. The number of nitriles is 2. The highest BCUT2D eigenvalue weighted by Gasteiger charge is 2.18. The Bertz CT molecular complexity index is 573. The van der Waals surface area contributed by atoms with E-state index in [4.69, 9.17) is 15.6 Å². The highest BCUT2D eigenvalue weighted by atomic mass is 16.6. The third kappa shape index (κ3) is 3.39. The summed E-state index contributed by atoms with van der Waals surface area (Å²) in [6.45, 7) is -0.615. The normalized spacial score (nSPS) is 11.2. The average molecular weight is 262 g/mol. The summed E-state index contributed by atoms with van der Waals surface area (Å²) in [7, 11) is 0. The molecule has 0 aliphatic heterocycles. The van der Waals surface area contributed by atoms with Crippen LogP contribution in [-0.4, -0.2) is 34.4 Å². The number of nitro groups is 1. The zero-order valence-corrected chi connectivity index (χ0v) is 9.70. The number of nitrogens with one attached hydrogen (secondary N) is 1. The first kappa shape index (κ1) is 14.4. The molecule has 0 amide bonds. The van der Waals surface area contributed by atoms with E-state index in [-0.39, 0.29) is 29.0 Å². The number of nitrogens with zero attached hydrogens (tertiary/aromatic N) is 3. The molecule has 1 atom stereocenters. The van der Waals surface area contributed by atoms with E-state index in [1.165, 1.54) is 6.07 Å². The van der Waals surface area contributed by atoms with Crippen LogP contribution in [0.5, 0.6) is 0 Å². The number of benzene rings is 1. The number of aliphatic hydroxyl groups is 2. The van der Waals surface area contributed by atoms with Crippen LogP contribution in [0.15, 0.2) is 12.1 Å². The van der Waals surface area contributed by atoms with Gasteiger partial charge in [0.05, 0.1) is 28.8 Å². The van der Waals surface area contributed by atoms with Gasteiger partial charge in [0.2, 0.25) is 0 Å². The van der Waals surface area contributed by atoms with Gasteiger partial charge in [-0.1, -0.05) is 0 Å². The molecule has 0 aromatic heterocycles. The molecule has 0 bridgehead atoms. The van der Waals surface area contributed by atoms with Gasteiger partial charge in [-0.3, -0.25) is 10.1 Å². The molecule has 1 unspecified atom stereocenters. The Balaban J connectivity index is 3.18. The van der Waals surface area contributed by atoms with Crippen LogP contribution in [0, 0.1) is 32.8 Å². The van der Waals surface area contributed by atoms with E-state index in [1.807, 2.05) is 0 Å². The smallest absolute Gasteiger partial charge is 0.293 e. The SMILES string of the molecule is N#Cc1cc(NCC(O)CO)c([N+](=O)[O-])cc1C#N. The molecule has 19 heavy (non-hydrogen) atoms. The summed E-state index contributed by atoms with van der Waals surface area (Å²) < 4.78 is 0. The molecule has 98 valence electrons. The van der Waals surface area contributed by atoms with E-state index in [0.29, 0.717) is 0 Å². The van der Waals surface area contributed by atoms with Gasteiger partial charge >= 0.3 is 0 Å². The van der Waals surface area contributed by atoms with Crippen molar-refractivity contribution in [2.45, 2.75) is 6.10 Å². The van der Waals surface area contributed by atoms with Gasteiger partial charge in [-0.15, -0.1) is 0 Å². The first-order valence-corrected chi connectivity index (χ1v) is 5.19. The fourth-order valence-corrected chi connectivity index (χ4v) is 1.36. The quantitative estimate of drug-likeness (QED) is 0.504. The summed E-state index contributed by atoms with van der Waals surface area (Å²) >= 11 is 0. The Morgan fingerprint density at radius 1 is 1.37 bits per heavy atom. The number of hydrogen-bond acceptors (Lipinski definition) is 7. The molecule has 0 radical (unpaired) electrons. The Labute approximate surface area is 108 Å². The van der Waals surface area contributed by atoms with Crippen LogP contribution in [0.4, 0.5) is 11.4 Å². The molecule has 3 N–H and O–H groups in total. The van der Waals surface area contributed by atoms with Gasteiger partial charge in [0.15, 0.2) is 0 Å². The number of rotatable bonds is 5. The minimum absolute atomic E-state index is 0.00547. The van der Waals surface area contributed by atoms with Crippen molar-refractivity contribution in [2.75, 3.05) is 18.5 Å². The van der Waals surface area contributed by atoms with Gasteiger partial charge in [-0.25, -0.2) is 0 Å². The lowest BCUT2D eigenvalue weighted by molar-refractivity contribution is -0.384. The maximum Gasteiger partial charge on any atom is 0.293 e. The van der Waals surface area contributed by atoms with Crippen molar-refractivity contribution in [2.24, 2.45) is 0 Å². The number of anilines is 1. The van der Waals surface area contributed by atoms with E-state index >= 15 is 0 Å². The first-order chi connectivity index (χ1) is 9.03. The van der Waals surface area contributed by atoms with Crippen molar-refractivity contribution in [1.29, 1.82) is 10.5 Å². The second-order valence-electron chi connectivity index (χ2n) is 3.61. The molecule has 1 aromatic rings. The van der Waals surface area contributed by atoms with Crippen LogP contribution in [0.25, 0.3) is 0 Å². The maximum atomic E-state index is 10.9. The fraction of sp³-hybridized carbons (Fsp3) is 0.273. The monoisotopic (exact) mass is 262 g/mol. The van der Waals surface area contributed by atoms with E-state index < -0.39 is 17.6 Å². The summed E-state index contributed by atoms with van der Waals surface area (Å²) in [6, 6.07) is 5.62. The molecule has 8 heteroatoms. The minimum Gasteiger partial charge on any atom is -0.394 e. The van der Waals surface area contributed by atoms with Crippen molar-refractivity contribution in [3.05, 3.63) is 33.4 Å². The maximum absolute atomic E-state index is 10.9. The summed E-state index contributed by atoms with van der Waals surface area (Å²) in [5.41, 5.74) is -0.467. The molecular weight excluding hydrogens is 252 g/mol. The number of aliphatic hydroxyl groups excluding tert-OH is 2. The predicted octanol–water partition coefficient (Wildman–Crippen LogP) is 0.103. The molecule has 0 fully saturated rings. The molecule has 8 nitrogen and oxygen atoms in total. The van der Waals surface area contributed by atoms with E-state index in [1.54, 1.807) is 12.1 Å². The van der Waals surface area contributed by atoms with Crippen molar-refractivity contribution < 1.29 is 15.1 Å². The Hall–Kier alpha value is -2.68. The molecule has 0 saturated carbocycles. The molecule has 0 heterocycles. The van der Waals surface area contributed by atoms with Gasteiger partial charge in [0.1, 0.15) is 17.8 Å². The third-order valence-corrected chi connectivity index (χ3v) is 2.31. The van der Waals surface area contributed by atoms with Crippen LogP contribution in [-0.2, 0) is 0 Å². The second kappa shape index (κ2) is 6.31. The molecule has 0 aliphatic carbocycles. The molecule has 0 saturated heterocycles. The van der Waals surface area contributed by atoms with E-state index in [9.17, 15) is 15.2 Å². The van der Waals surface area contributed by atoms with Crippen LogP contribution in [0.2, 0.25) is 0 Å². The Morgan fingerprint density at radius 2 is 1.95 bits per heavy atom. The molecular formula is C11H10N4O4. The zero-order chi connectivity index (χ0) is 14.4. The van der Waals surface area contributed by atoms with Crippen molar-refractivity contribution in [3.63, 3.8) is 0 Å². The van der Waals surface area contributed by atoms with Gasteiger partial charge in [0.25, 0.3) is 5.69 Å². The van der Waals surface area contributed by atoms with Crippen molar-refractivity contribution in [1.82, 2.24) is 0 Å². The lowest BCUT2D eigenvalue weighted by Crippen LogP contribution is -2.23. The highest BCUT2D eigenvalue weighted by Crippen LogP contribution is 2.28. The largest absolute Gasteiger partial charge is 0.394 e. The third-order valence-electron chi connectivity index (χ3n) is 2.31. The first-order valence-electron chi connectivity index (χ1n) is 5.19. The van der Waals surface area contributed by atoms with Gasteiger partial charge in [0, 0.05) is 12.6 Å². The molecule has 0 aliphatic rings. The van der Waals surface area contributed by atoms with Crippen molar-refractivity contribution in [3.8, 4) is 12.1 Å². The lowest BCUT2D eigenvalue weighted by atomic mass is 10.1. The average Bonchev–Trinajstić information content (AvgIpc) is 2.43. The highest BCUT2D eigenvalue weighted by molar-refractivity contribution is 5.68. The van der Waals surface area contributed by atoms with Crippen LogP contribution in [0.1, 0.15) is 11.1 Å². The van der Waals surface area contributed by atoms with Gasteiger partial charge in [-0.2, -0.15) is 10.5 Å². The number of hydrogen-bond donors (Lipinski definition) is 3. The minimum atomic E-state index is -1.08. The van der Waals surface area contributed by atoms with Crippen LogP contribution in [0.3, 0.4) is 0 Å². The predicted molar refractivity (Wildman–Crippen MR) is 64.1 cm³/mol. The van der Waals surface area contributed by atoms with E-state index in [0.717, 1.165) is 6.07 Å². The molecule has 1 rings (SSSR count). The van der Waals surface area contributed by atoms with Crippen LogP contribution < -0.4 is 5.32 Å². The molecule has 0 spiro atoms. The second-order valence-corrected chi connectivity index (χ2v) is 3.61. The van der Waals surface area contributed by atoms with Crippen LogP contribution >= 0.6 is 0 Å². The molecule has 1 aromatic carbocycles. The zero-order valence-electron chi connectivity index (χ0n) is 9.70. The Morgan fingerprint density at radius 3 is 2.42 bits per heavy atom. The summed E-state index contributed by atoms with van der Waals surface area (Å²) in [4.78, 5) is 10.2. The lowest BCUT2D eigenvalue weighted by Gasteiger charge is -2.11. The van der Waals surface area contributed by atoms with Gasteiger partial charge in [-0.05, 0) is 6.07 Å².